The van der Waals surface area contributed by atoms with E-state index in [1.807, 2.05) is 12.1 Å². The van der Waals surface area contributed by atoms with Gasteiger partial charge < -0.3 is 19.7 Å². The molecule has 0 atom stereocenters. The lowest BCUT2D eigenvalue weighted by atomic mass is 9.77. The molecule has 164 valence electrons. The number of hydrogen-bond donors (Lipinski definition) is 3. The summed E-state index contributed by atoms with van der Waals surface area (Å²) in [5, 5.41) is 20.0. The number of hydrogen-bond acceptors (Lipinski definition) is 6. The quantitative estimate of drug-likeness (QED) is 0.256. The van der Waals surface area contributed by atoms with Crippen molar-refractivity contribution < 1.29 is 24.5 Å². The molecule has 0 bridgehead atoms. The zero-order chi connectivity index (χ0) is 22.3. The smallest absolute Gasteiger partial charge is 0.340 e. The van der Waals surface area contributed by atoms with Crippen molar-refractivity contribution in [2.24, 2.45) is 0 Å². The van der Waals surface area contributed by atoms with Crippen LogP contribution < -0.4 is 4.74 Å². The molecule has 0 saturated heterocycles. The third kappa shape index (κ3) is 3.30. The predicted molar refractivity (Wildman–Crippen MR) is 124 cm³/mol. The molecule has 3 aromatic rings. The largest absolute Gasteiger partial charge is 0.508 e. The Bertz CT molecular complexity index is 1150. The highest BCUT2D eigenvalue weighted by Gasteiger charge is 2.53. The second-order valence-electron chi connectivity index (χ2n) is 8.30. The molecule has 6 heteroatoms. The first-order valence-corrected chi connectivity index (χ1v) is 11.5. The zero-order valence-corrected chi connectivity index (χ0v) is 18.4. The van der Waals surface area contributed by atoms with Crippen LogP contribution in [0.3, 0.4) is 0 Å². The van der Waals surface area contributed by atoms with E-state index in [1.54, 1.807) is 24.3 Å². The Morgan fingerprint density at radius 3 is 2.06 bits per heavy atom. The average molecular weight is 449 g/mol. The Morgan fingerprint density at radius 1 is 0.781 bits per heavy atom. The zero-order valence-electron chi connectivity index (χ0n) is 17.5. The number of fused-ring (bicyclic) bond motifs is 6. The van der Waals surface area contributed by atoms with Gasteiger partial charge in [0.25, 0.3) is 0 Å². The number of phenolic OH excluding ortho intramolecular Hbond substituents is 2. The molecule has 3 aromatic carbocycles. The van der Waals surface area contributed by atoms with Crippen LogP contribution in [-0.4, -0.2) is 21.9 Å². The lowest BCUT2D eigenvalue weighted by Crippen LogP contribution is -2.32. The number of rotatable bonds is 6. The number of carbonyl (C=O) groups is 1. The minimum Gasteiger partial charge on any atom is -0.508 e. The third-order valence-electron chi connectivity index (χ3n) is 6.21. The van der Waals surface area contributed by atoms with Gasteiger partial charge in [0.15, 0.2) is 5.60 Å². The van der Waals surface area contributed by atoms with Crippen molar-refractivity contribution >= 4 is 18.6 Å². The van der Waals surface area contributed by atoms with Crippen molar-refractivity contribution in [1.82, 2.24) is 0 Å². The fourth-order valence-corrected chi connectivity index (χ4v) is 4.93. The van der Waals surface area contributed by atoms with Crippen molar-refractivity contribution in [2.75, 3.05) is 5.75 Å². The average Bonchev–Trinajstić information content (AvgIpc) is 3.05. The van der Waals surface area contributed by atoms with Crippen molar-refractivity contribution in [3.63, 3.8) is 0 Å². The van der Waals surface area contributed by atoms with Gasteiger partial charge in [-0.1, -0.05) is 25.0 Å². The van der Waals surface area contributed by atoms with Crippen LogP contribution >= 0.6 is 12.6 Å². The van der Waals surface area contributed by atoms with Gasteiger partial charge >= 0.3 is 5.97 Å². The minimum atomic E-state index is -1.19. The van der Waals surface area contributed by atoms with Crippen molar-refractivity contribution in [3.8, 4) is 23.0 Å². The van der Waals surface area contributed by atoms with E-state index in [4.69, 9.17) is 9.47 Å². The van der Waals surface area contributed by atoms with E-state index in [-0.39, 0.29) is 11.5 Å². The molecule has 0 amide bonds. The summed E-state index contributed by atoms with van der Waals surface area (Å²) in [6.45, 7) is 0. The van der Waals surface area contributed by atoms with E-state index in [2.05, 4.69) is 18.7 Å². The molecule has 0 aromatic heterocycles. The number of carbonyl (C=O) groups excluding carboxylic acids is 1. The van der Waals surface area contributed by atoms with Crippen LogP contribution in [0.15, 0.2) is 54.6 Å². The molecule has 0 unspecified atom stereocenters. The molecule has 2 N–H and O–H groups in total. The number of thiol groups is 1. The van der Waals surface area contributed by atoms with E-state index in [0.717, 1.165) is 49.0 Å². The topological polar surface area (TPSA) is 76.0 Å². The van der Waals surface area contributed by atoms with Crippen LogP contribution in [0.5, 0.6) is 23.0 Å². The van der Waals surface area contributed by atoms with Gasteiger partial charge in [-0.2, -0.15) is 12.6 Å². The van der Waals surface area contributed by atoms with Gasteiger partial charge in [-0.05, 0) is 60.9 Å². The maximum Gasteiger partial charge on any atom is 0.340 e. The Hall–Kier alpha value is -3.12. The number of aromatic hydroxyl groups is 2. The highest BCUT2D eigenvalue weighted by atomic mass is 32.1. The molecule has 5 nitrogen and oxygen atoms in total. The highest BCUT2D eigenvalue weighted by molar-refractivity contribution is 7.80. The number of aryl methyl sites for hydroxylation is 1. The van der Waals surface area contributed by atoms with Gasteiger partial charge in [-0.25, -0.2) is 4.79 Å². The van der Waals surface area contributed by atoms with E-state index >= 15 is 0 Å². The summed E-state index contributed by atoms with van der Waals surface area (Å²) in [5.74, 6) is 1.38. The van der Waals surface area contributed by atoms with Gasteiger partial charge in [0.05, 0.1) is 5.56 Å². The minimum absolute atomic E-state index is 0.0420. The van der Waals surface area contributed by atoms with Gasteiger partial charge in [-0.3, -0.25) is 0 Å². The van der Waals surface area contributed by atoms with Crippen LogP contribution in [0, 0.1) is 0 Å². The van der Waals surface area contributed by atoms with E-state index in [1.165, 1.54) is 12.1 Å². The first-order valence-electron chi connectivity index (χ1n) is 10.9. The summed E-state index contributed by atoms with van der Waals surface area (Å²) in [6.07, 6.45) is 5.38. The van der Waals surface area contributed by atoms with Gasteiger partial charge in [0.1, 0.15) is 23.0 Å². The molecule has 2 heterocycles. The summed E-state index contributed by atoms with van der Waals surface area (Å²) < 4.78 is 12.1. The first kappa shape index (κ1) is 20.8. The first-order chi connectivity index (χ1) is 15.5. The molecular weight excluding hydrogens is 424 g/mol. The molecule has 0 radical (unpaired) electrons. The van der Waals surface area contributed by atoms with Crippen LogP contribution in [0.1, 0.15) is 58.3 Å². The Kier molecular flexibility index (Phi) is 5.25. The highest BCUT2D eigenvalue weighted by Crippen LogP contribution is 2.57. The molecule has 0 fully saturated rings. The molecule has 0 saturated carbocycles. The number of unbranched alkanes of at least 4 members (excludes halogenated alkanes) is 3. The Morgan fingerprint density at radius 2 is 1.41 bits per heavy atom. The normalized spacial score (nSPS) is 15.0. The van der Waals surface area contributed by atoms with Gasteiger partial charge in [-0.15, -0.1) is 0 Å². The molecule has 5 rings (SSSR count). The molecule has 1 spiro atoms. The SMILES string of the molecule is O=C1OC2(c3ccc(O)cc3Oc3cc(O)ccc32)c2ccc(CCCCCCS)cc21. The summed E-state index contributed by atoms with van der Waals surface area (Å²) in [4.78, 5) is 13.1. The van der Waals surface area contributed by atoms with Gasteiger partial charge in [0, 0.05) is 28.8 Å². The van der Waals surface area contributed by atoms with Crippen LogP contribution in [0.2, 0.25) is 0 Å². The number of benzene rings is 3. The molecular formula is C26H24O5S. The van der Waals surface area contributed by atoms with E-state index in [0.29, 0.717) is 28.2 Å². The maximum absolute atomic E-state index is 13.1. The molecule has 2 aliphatic heterocycles. The lowest BCUT2D eigenvalue weighted by Gasteiger charge is -2.36. The van der Waals surface area contributed by atoms with Crippen molar-refractivity contribution in [3.05, 3.63) is 82.4 Å². The van der Waals surface area contributed by atoms with E-state index < -0.39 is 11.6 Å². The summed E-state index contributed by atoms with van der Waals surface area (Å²) in [6, 6.07) is 15.5. The van der Waals surface area contributed by atoms with Crippen LogP contribution in [-0.2, 0) is 16.8 Å². The van der Waals surface area contributed by atoms with Crippen LogP contribution in [0.4, 0.5) is 0 Å². The summed E-state index contributed by atoms with van der Waals surface area (Å²) in [5.41, 5.74) is 2.47. The standard InChI is InChI=1S/C26H24O5S/c27-17-7-10-21-23(14-17)30-24-15-18(28)8-11-22(24)26(21)20-9-6-16(5-3-1-2-4-12-32)13-19(20)25(29)31-26/h6-11,13-15,27-28,32H,1-5,12H2. The second kappa shape index (κ2) is 8.10. The van der Waals surface area contributed by atoms with Crippen LogP contribution in [0.25, 0.3) is 0 Å². The fourth-order valence-electron chi connectivity index (χ4n) is 4.70. The number of ether oxygens (including phenoxy) is 2. The predicted octanol–water partition coefficient (Wildman–Crippen LogP) is 5.70. The van der Waals surface area contributed by atoms with Crippen molar-refractivity contribution in [1.29, 1.82) is 0 Å². The third-order valence-corrected chi connectivity index (χ3v) is 6.53. The number of esters is 1. The monoisotopic (exact) mass is 448 g/mol. The van der Waals surface area contributed by atoms with E-state index in [9.17, 15) is 15.0 Å². The fraction of sp³-hybridized carbons (Fsp3) is 0.269. The molecule has 32 heavy (non-hydrogen) atoms. The second-order valence-corrected chi connectivity index (χ2v) is 8.75. The Labute approximate surface area is 192 Å². The summed E-state index contributed by atoms with van der Waals surface area (Å²) >= 11 is 4.26. The Balaban J connectivity index is 1.59. The summed E-state index contributed by atoms with van der Waals surface area (Å²) in [7, 11) is 0. The van der Waals surface area contributed by atoms with Crippen molar-refractivity contribution in [2.45, 2.75) is 37.7 Å². The number of phenols is 2. The van der Waals surface area contributed by atoms with Gasteiger partial charge in [0.2, 0.25) is 0 Å². The lowest BCUT2D eigenvalue weighted by molar-refractivity contribution is 0.0224. The maximum atomic E-state index is 13.1. The molecule has 2 aliphatic rings. The molecule has 0 aliphatic carbocycles.